The molecule has 0 amide bonds. The number of hydrogen-bond donors (Lipinski definition) is 0. The molecule has 2 heteroatoms. The van der Waals surface area contributed by atoms with Gasteiger partial charge in [0.2, 0.25) is 0 Å². The molecule has 0 saturated carbocycles. The summed E-state index contributed by atoms with van der Waals surface area (Å²) in [5.74, 6) is 0. The highest BCUT2D eigenvalue weighted by Gasteiger charge is 1.94. The third-order valence-electron chi connectivity index (χ3n) is 3.21. The minimum atomic E-state index is 1.25. The maximum Gasteiger partial charge on any atom is -0.00248 e. The van der Waals surface area contributed by atoms with Crippen LogP contribution in [0.25, 0.3) is 0 Å². The first-order valence-corrected chi connectivity index (χ1v) is 7.42. The van der Waals surface area contributed by atoms with E-state index in [-0.39, 0.29) is 0 Å². The fourth-order valence-corrected chi connectivity index (χ4v) is 2.09. The van der Waals surface area contributed by atoms with Gasteiger partial charge in [-0.15, -0.1) is 0 Å². The predicted molar refractivity (Wildman–Crippen MR) is 78.7 cm³/mol. The second-order valence-corrected chi connectivity index (χ2v) is 5.79. The van der Waals surface area contributed by atoms with Crippen molar-refractivity contribution in [1.29, 1.82) is 0 Å². The molecule has 0 heterocycles. The van der Waals surface area contributed by atoms with Crippen LogP contribution in [0.2, 0.25) is 0 Å². The van der Waals surface area contributed by atoms with Gasteiger partial charge in [0.1, 0.15) is 0 Å². The Labute approximate surface area is 109 Å². The van der Waals surface area contributed by atoms with Gasteiger partial charge >= 0.3 is 0 Å². The van der Waals surface area contributed by atoms with Crippen LogP contribution in [0.15, 0.2) is 0 Å². The molecule has 0 spiro atoms. The van der Waals surface area contributed by atoms with Crippen molar-refractivity contribution < 1.29 is 0 Å². The molecule has 104 valence electrons. The van der Waals surface area contributed by atoms with Crippen LogP contribution < -0.4 is 0 Å². The van der Waals surface area contributed by atoms with Gasteiger partial charge in [-0.2, -0.15) is 0 Å². The van der Waals surface area contributed by atoms with Gasteiger partial charge < -0.3 is 9.80 Å². The number of nitrogens with zero attached hydrogens (tertiary/aromatic N) is 2. The fraction of sp³-hybridized carbons (Fsp3) is 1.00. The van der Waals surface area contributed by atoms with Crippen LogP contribution in [0.5, 0.6) is 0 Å². The lowest BCUT2D eigenvalue weighted by molar-refractivity contribution is 0.385. The third-order valence-corrected chi connectivity index (χ3v) is 3.21. The van der Waals surface area contributed by atoms with Gasteiger partial charge in [0.05, 0.1) is 0 Å². The van der Waals surface area contributed by atoms with Crippen molar-refractivity contribution in [1.82, 2.24) is 9.80 Å². The van der Waals surface area contributed by atoms with E-state index in [1.165, 1.54) is 70.9 Å². The molecule has 0 unspecified atom stereocenters. The minimum Gasteiger partial charge on any atom is -0.309 e. The zero-order valence-electron chi connectivity index (χ0n) is 12.7. The highest BCUT2D eigenvalue weighted by molar-refractivity contribution is 4.50. The first-order valence-electron chi connectivity index (χ1n) is 7.42. The van der Waals surface area contributed by atoms with Crippen LogP contribution in [-0.2, 0) is 0 Å². The van der Waals surface area contributed by atoms with E-state index in [0.717, 1.165) is 0 Å². The Morgan fingerprint density at radius 2 is 0.647 bits per heavy atom. The largest absolute Gasteiger partial charge is 0.309 e. The summed E-state index contributed by atoms with van der Waals surface area (Å²) in [6, 6.07) is 0. The molecule has 0 aromatic rings. The summed E-state index contributed by atoms with van der Waals surface area (Å²) < 4.78 is 0. The average Bonchev–Trinajstić information content (AvgIpc) is 2.25. The zero-order chi connectivity index (χ0) is 12.9. The van der Waals surface area contributed by atoms with Crippen molar-refractivity contribution >= 4 is 0 Å². The Kier molecular flexibility index (Phi) is 12.3. The highest BCUT2D eigenvalue weighted by Crippen LogP contribution is 2.09. The first kappa shape index (κ1) is 16.9. The van der Waals surface area contributed by atoms with Gasteiger partial charge in [-0.05, 0) is 54.1 Å². The lowest BCUT2D eigenvalue weighted by atomic mass is 10.1. The van der Waals surface area contributed by atoms with E-state index in [9.17, 15) is 0 Å². The van der Waals surface area contributed by atoms with Crippen LogP contribution in [0.1, 0.15) is 57.8 Å². The molecule has 0 aliphatic heterocycles. The van der Waals surface area contributed by atoms with Crippen molar-refractivity contribution in [2.24, 2.45) is 0 Å². The van der Waals surface area contributed by atoms with Crippen LogP contribution in [0.3, 0.4) is 0 Å². The normalized spacial score (nSPS) is 11.6. The maximum atomic E-state index is 2.28. The first-order chi connectivity index (χ1) is 8.13. The Hall–Kier alpha value is -0.0800. The molecule has 0 saturated heterocycles. The van der Waals surface area contributed by atoms with E-state index in [1.54, 1.807) is 0 Å². The molecule has 0 rings (SSSR count). The molecule has 17 heavy (non-hydrogen) atoms. The van der Waals surface area contributed by atoms with Gasteiger partial charge in [0, 0.05) is 0 Å². The quantitative estimate of drug-likeness (QED) is 0.482. The summed E-state index contributed by atoms with van der Waals surface area (Å²) >= 11 is 0. The van der Waals surface area contributed by atoms with E-state index in [2.05, 4.69) is 38.0 Å². The molecule has 2 nitrogen and oxygen atoms in total. The van der Waals surface area contributed by atoms with E-state index in [4.69, 9.17) is 0 Å². The molecule has 0 bridgehead atoms. The lowest BCUT2D eigenvalue weighted by Gasteiger charge is -2.09. The molecular weight excluding hydrogens is 208 g/mol. The minimum absolute atomic E-state index is 1.25. The van der Waals surface area contributed by atoms with Crippen molar-refractivity contribution in [2.45, 2.75) is 57.8 Å². The summed E-state index contributed by atoms with van der Waals surface area (Å²) in [5, 5.41) is 0. The molecule has 0 N–H and O–H groups in total. The van der Waals surface area contributed by atoms with Crippen molar-refractivity contribution in [3.63, 3.8) is 0 Å². The highest BCUT2D eigenvalue weighted by atomic mass is 15.0. The van der Waals surface area contributed by atoms with E-state index < -0.39 is 0 Å². The summed E-state index contributed by atoms with van der Waals surface area (Å²) in [6.07, 6.45) is 12.8. The van der Waals surface area contributed by atoms with E-state index in [1.807, 2.05) is 0 Å². The summed E-state index contributed by atoms with van der Waals surface area (Å²) in [7, 11) is 8.64. The average molecular weight is 242 g/mol. The molecule has 0 aromatic carbocycles. The zero-order valence-corrected chi connectivity index (χ0v) is 12.7. The third kappa shape index (κ3) is 15.9. The fourth-order valence-electron chi connectivity index (χ4n) is 2.09. The van der Waals surface area contributed by atoms with Crippen LogP contribution in [0.4, 0.5) is 0 Å². The van der Waals surface area contributed by atoms with Gasteiger partial charge in [0.15, 0.2) is 0 Å². The predicted octanol–water partition coefficient (Wildman–Crippen LogP) is 3.62. The molecule has 0 atom stereocenters. The summed E-state index contributed by atoms with van der Waals surface area (Å²) in [5.41, 5.74) is 0. The van der Waals surface area contributed by atoms with Gasteiger partial charge in [-0.3, -0.25) is 0 Å². The van der Waals surface area contributed by atoms with Gasteiger partial charge in [0.25, 0.3) is 0 Å². The lowest BCUT2D eigenvalue weighted by Crippen LogP contribution is -2.12. The Bertz CT molecular complexity index is 128. The topological polar surface area (TPSA) is 6.48 Å². The maximum absolute atomic E-state index is 2.28. The summed E-state index contributed by atoms with van der Waals surface area (Å²) in [4.78, 5) is 4.56. The van der Waals surface area contributed by atoms with E-state index in [0.29, 0.717) is 0 Å². The number of unbranched alkanes of at least 4 members (excludes halogenated alkanes) is 8. The molecule has 0 aliphatic rings. The smallest absolute Gasteiger partial charge is 0.00248 e. The Morgan fingerprint density at radius 1 is 0.412 bits per heavy atom. The van der Waals surface area contributed by atoms with Gasteiger partial charge in [-0.25, -0.2) is 0 Å². The number of hydrogen-bond acceptors (Lipinski definition) is 2. The van der Waals surface area contributed by atoms with Crippen LogP contribution in [0, 0.1) is 0 Å². The van der Waals surface area contributed by atoms with Crippen LogP contribution in [-0.4, -0.2) is 51.1 Å². The molecular formula is C15H34N2. The van der Waals surface area contributed by atoms with Crippen molar-refractivity contribution in [2.75, 3.05) is 41.3 Å². The Morgan fingerprint density at radius 3 is 0.882 bits per heavy atom. The van der Waals surface area contributed by atoms with Gasteiger partial charge in [-0.1, -0.05) is 44.9 Å². The van der Waals surface area contributed by atoms with Crippen molar-refractivity contribution in [3.05, 3.63) is 0 Å². The Balaban J connectivity index is 2.94. The summed E-state index contributed by atoms with van der Waals surface area (Å²) in [6.45, 7) is 2.51. The SMILES string of the molecule is CN(C)CCCCCCCCCCCN(C)C. The second kappa shape index (κ2) is 12.4. The monoisotopic (exact) mass is 242 g/mol. The molecule has 0 fully saturated rings. The number of rotatable bonds is 12. The molecule has 0 radical (unpaired) electrons. The molecule has 0 aromatic heterocycles. The van der Waals surface area contributed by atoms with E-state index >= 15 is 0 Å². The van der Waals surface area contributed by atoms with Crippen molar-refractivity contribution in [3.8, 4) is 0 Å². The van der Waals surface area contributed by atoms with Crippen LogP contribution >= 0.6 is 0 Å². The molecule has 0 aliphatic carbocycles. The second-order valence-electron chi connectivity index (χ2n) is 5.79. The standard InChI is InChI=1S/C15H34N2/c1-16(2)14-12-10-8-6-5-7-9-11-13-15-17(3)4/h5-15H2,1-4H3.